The lowest BCUT2D eigenvalue weighted by molar-refractivity contribution is -0.117. The Bertz CT molecular complexity index is 1100. The fourth-order valence-corrected chi connectivity index (χ4v) is 4.76. The van der Waals surface area contributed by atoms with Gasteiger partial charge in [-0.05, 0) is 37.0 Å². The molecule has 0 saturated carbocycles. The second-order valence-corrected chi connectivity index (χ2v) is 7.74. The third-order valence-electron chi connectivity index (χ3n) is 5.45. The molecule has 1 aromatic heterocycles. The van der Waals surface area contributed by atoms with Crippen molar-refractivity contribution in [1.29, 1.82) is 0 Å². The third kappa shape index (κ3) is 2.34. The van der Waals surface area contributed by atoms with E-state index in [1.165, 1.54) is 5.56 Å². The highest BCUT2D eigenvalue weighted by molar-refractivity contribution is 9.10. The minimum atomic E-state index is -0.0973. The van der Waals surface area contributed by atoms with E-state index in [2.05, 4.69) is 28.1 Å². The SMILES string of the molecule is O=C1C2=C(CCC1c1ccccc1Br)c1oc3ccccc3c1CC=C2. The summed E-state index contributed by atoms with van der Waals surface area (Å²) in [7, 11) is 0. The molecule has 0 radical (unpaired) electrons. The molecule has 0 aliphatic heterocycles. The monoisotopic (exact) mass is 404 g/mol. The molecule has 0 saturated heterocycles. The fraction of sp³-hybridized carbons (Fsp3) is 0.174. The Morgan fingerprint density at radius 2 is 1.85 bits per heavy atom. The molecule has 2 nitrogen and oxygen atoms in total. The van der Waals surface area contributed by atoms with Gasteiger partial charge in [-0.15, -0.1) is 0 Å². The normalized spacial score (nSPS) is 19.4. The molecule has 26 heavy (non-hydrogen) atoms. The number of allylic oxidation sites excluding steroid dienone is 4. The Labute approximate surface area is 160 Å². The van der Waals surface area contributed by atoms with Gasteiger partial charge >= 0.3 is 0 Å². The number of carbonyl (C=O) groups is 1. The van der Waals surface area contributed by atoms with Crippen molar-refractivity contribution in [3.63, 3.8) is 0 Å². The molecule has 0 fully saturated rings. The lowest BCUT2D eigenvalue weighted by atomic mass is 9.78. The van der Waals surface area contributed by atoms with Crippen molar-refractivity contribution in [3.05, 3.63) is 87.6 Å². The standard InChI is InChI=1S/C23H17BrO2/c24-20-10-3-1-6-14(20)17-12-13-19-16(22(17)25)8-5-9-18-15-7-2-4-11-21(15)26-23(18)19/h1-8,10-11,17H,9,12-13H2. The van der Waals surface area contributed by atoms with Crippen LogP contribution in [0.15, 0.2) is 75.1 Å². The van der Waals surface area contributed by atoms with E-state index in [9.17, 15) is 4.79 Å². The molecule has 0 N–H and O–H groups in total. The first-order valence-electron chi connectivity index (χ1n) is 8.93. The molecule has 3 aromatic rings. The van der Waals surface area contributed by atoms with E-state index in [1.807, 2.05) is 48.5 Å². The van der Waals surface area contributed by atoms with Gasteiger partial charge in [0.2, 0.25) is 0 Å². The quantitative estimate of drug-likeness (QED) is 0.482. The van der Waals surface area contributed by atoms with Gasteiger partial charge in [0.05, 0.1) is 0 Å². The molecular formula is C23H17BrO2. The van der Waals surface area contributed by atoms with Crippen molar-refractivity contribution in [2.45, 2.75) is 25.2 Å². The highest BCUT2D eigenvalue weighted by Gasteiger charge is 2.34. The number of hydrogen-bond donors (Lipinski definition) is 0. The van der Waals surface area contributed by atoms with Crippen LogP contribution in [0.1, 0.15) is 35.6 Å². The van der Waals surface area contributed by atoms with Crippen LogP contribution in [0.3, 0.4) is 0 Å². The lowest BCUT2D eigenvalue weighted by Gasteiger charge is -2.25. The Hall–Kier alpha value is -2.39. The number of halogens is 1. The van der Waals surface area contributed by atoms with Gasteiger partial charge in [0.15, 0.2) is 5.78 Å². The fourth-order valence-electron chi connectivity index (χ4n) is 4.20. The summed E-state index contributed by atoms with van der Waals surface area (Å²) in [5, 5.41) is 1.15. The molecule has 2 aromatic carbocycles. The van der Waals surface area contributed by atoms with Crippen LogP contribution in [-0.4, -0.2) is 5.78 Å². The van der Waals surface area contributed by atoms with E-state index in [-0.39, 0.29) is 11.7 Å². The Morgan fingerprint density at radius 1 is 1.04 bits per heavy atom. The van der Waals surface area contributed by atoms with Gasteiger partial charge in [0.1, 0.15) is 11.3 Å². The van der Waals surface area contributed by atoms with Crippen LogP contribution < -0.4 is 0 Å². The van der Waals surface area contributed by atoms with E-state index in [0.717, 1.165) is 57.2 Å². The van der Waals surface area contributed by atoms with E-state index in [1.54, 1.807) is 0 Å². The number of furan rings is 1. The zero-order chi connectivity index (χ0) is 17.7. The van der Waals surface area contributed by atoms with Crippen LogP contribution in [0, 0.1) is 0 Å². The van der Waals surface area contributed by atoms with Crippen LogP contribution in [-0.2, 0) is 11.2 Å². The molecule has 1 unspecified atom stereocenters. The number of Topliss-reactive ketones (excluding diaryl/α,β-unsaturated/α-hetero) is 1. The van der Waals surface area contributed by atoms with Gasteiger partial charge in [-0.2, -0.15) is 0 Å². The molecule has 5 rings (SSSR count). The number of fused-ring (bicyclic) bond motifs is 4. The summed E-state index contributed by atoms with van der Waals surface area (Å²) < 4.78 is 7.20. The maximum absolute atomic E-state index is 13.3. The lowest BCUT2D eigenvalue weighted by Crippen LogP contribution is -2.20. The molecule has 0 amide bonds. The maximum Gasteiger partial charge on any atom is 0.170 e. The first-order valence-corrected chi connectivity index (χ1v) is 9.72. The molecule has 2 aliphatic carbocycles. The van der Waals surface area contributed by atoms with Crippen LogP contribution in [0.4, 0.5) is 0 Å². The van der Waals surface area contributed by atoms with E-state index in [4.69, 9.17) is 4.42 Å². The maximum atomic E-state index is 13.3. The number of para-hydroxylation sites is 1. The summed E-state index contributed by atoms with van der Waals surface area (Å²) >= 11 is 3.61. The minimum Gasteiger partial charge on any atom is -0.456 e. The van der Waals surface area contributed by atoms with Crippen molar-refractivity contribution >= 4 is 38.3 Å². The van der Waals surface area contributed by atoms with Crippen molar-refractivity contribution in [3.8, 4) is 0 Å². The van der Waals surface area contributed by atoms with E-state index < -0.39 is 0 Å². The number of rotatable bonds is 1. The first kappa shape index (κ1) is 15.8. The smallest absolute Gasteiger partial charge is 0.170 e. The van der Waals surface area contributed by atoms with Crippen LogP contribution >= 0.6 is 15.9 Å². The zero-order valence-electron chi connectivity index (χ0n) is 14.2. The number of ketones is 1. The molecular weight excluding hydrogens is 388 g/mol. The summed E-state index contributed by atoms with van der Waals surface area (Å²) in [4.78, 5) is 13.3. The molecule has 1 atom stereocenters. The summed E-state index contributed by atoms with van der Waals surface area (Å²) in [6, 6.07) is 16.2. The van der Waals surface area contributed by atoms with Crippen molar-refractivity contribution in [2.24, 2.45) is 0 Å². The Morgan fingerprint density at radius 3 is 2.73 bits per heavy atom. The molecule has 2 aliphatic rings. The van der Waals surface area contributed by atoms with Gasteiger partial charge in [-0.1, -0.05) is 64.5 Å². The molecule has 0 bridgehead atoms. The highest BCUT2D eigenvalue weighted by atomic mass is 79.9. The van der Waals surface area contributed by atoms with Gasteiger partial charge in [0, 0.05) is 32.5 Å². The summed E-state index contributed by atoms with van der Waals surface area (Å²) in [5.41, 5.74) is 5.06. The molecule has 128 valence electrons. The topological polar surface area (TPSA) is 30.2 Å². The number of hydrogen-bond acceptors (Lipinski definition) is 2. The summed E-state index contributed by atoms with van der Waals surface area (Å²) in [6.07, 6.45) is 6.57. The minimum absolute atomic E-state index is 0.0973. The molecule has 3 heteroatoms. The third-order valence-corrected chi connectivity index (χ3v) is 6.17. The predicted molar refractivity (Wildman–Crippen MR) is 107 cm³/mol. The summed E-state index contributed by atoms with van der Waals surface area (Å²) in [5.74, 6) is 1.01. The predicted octanol–water partition coefficient (Wildman–Crippen LogP) is 6.21. The van der Waals surface area contributed by atoms with E-state index in [0.29, 0.717) is 0 Å². The molecule has 0 spiro atoms. The highest BCUT2D eigenvalue weighted by Crippen LogP contribution is 2.44. The first-order chi connectivity index (χ1) is 12.7. The number of carbonyl (C=O) groups excluding carboxylic acids is 1. The number of benzene rings is 2. The van der Waals surface area contributed by atoms with E-state index >= 15 is 0 Å². The van der Waals surface area contributed by atoms with Gasteiger partial charge in [-0.25, -0.2) is 0 Å². The summed E-state index contributed by atoms with van der Waals surface area (Å²) in [6.45, 7) is 0. The molecule has 1 heterocycles. The van der Waals surface area contributed by atoms with Gasteiger partial charge in [-0.3, -0.25) is 4.79 Å². The van der Waals surface area contributed by atoms with Crippen LogP contribution in [0.2, 0.25) is 0 Å². The second kappa shape index (κ2) is 6.10. The average Bonchev–Trinajstić information content (AvgIpc) is 2.92. The second-order valence-electron chi connectivity index (χ2n) is 6.88. The van der Waals surface area contributed by atoms with Crippen molar-refractivity contribution in [2.75, 3.05) is 0 Å². The van der Waals surface area contributed by atoms with Crippen LogP contribution in [0.25, 0.3) is 16.5 Å². The Balaban J connectivity index is 1.65. The largest absolute Gasteiger partial charge is 0.456 e. The zero-order valence-corrected chi connectivity index (χ0v) is 15.8. The Kier molecular flexibility index (Phi) is 3.71. The van der Waals surface area contributed by atoms with Crippen molar-refractivity contribution in [1.82, 2.24) is 0 Å². The van der Waals surface area contributed by atoms with Gasteiger partial charge in [0.25, 0.3) is 0 Å². The van der Waals surface area contributed by atoms with Crippen molar-refractivity contribution < 1.29 is 9.21 Å². The van der Waals surface area contributed by atoms with Crippen LogP contribution in [0.5, 0.6) is 0 Å². The average molecular weight is 405 g/mol. The van der Waals surface area contributed by atoms with Gasteiger partial charge < -0.3 is 4.42 Å².